The van der Waals surface area contributed by atoms with Crippen LogP contribution in [0, 0.1) is 5.92 Å². The molecule has 1 atom stereocenters. The van der Waals surface area contributed by atoms with Crippen molar-refractivity contribution in [3.8, 4) is 0 Å². The van der Waals surface area contributed by atoms with E-state index >= 15 is 0 Å². The summed E-state index contributed by atoms with van der Waals surface area (Å²) in [6.45, 7) is 3.68. The number of amides is 1. The summed E-state index contributed by atoms with van der Waals surface area (Å²) in [6.07, 6.45) is 5.02. The highest BCUT2D eigenvalue weighted by atomic mass is 35.5. The number of nitrogens with zero attached hydrogens (tertiary/aromatic N) is 1. The second-order valence-electron chi connectivity index (χ2n) is 6.37. The van der Waals surface area contributed by atoms with Crippen molar-refractivity contribution in [1.82, 2.24) is 10.2 Å². The van der Waals surface area contributed by atoms with Crippen LogP contribution in [-0.2, 0) is 4.79 Å². The fourth-order valence-corrected chi connectivity index (χ4v) is 3.79. The number of benzene rings is 1. The molecule has 5 heteroatoms. The van der Waals surface area contributed by atoms with Gasteiger partial charge in [0.05, 0.1) is 6.54 Å². The van der Waals surface area contributed by atoms with Crippen LogP contribution in [0.2, 0.25) is 5.02 Å². The molecule has 2 saturated heterocycles. The molecule has 2 fully saturated rings. The molecular formula is C17H24ClN3O. The normalized spacial score (nSPS) is 23.6. The lowest BCUT2D eigenvalue weighted by molar-refractivity contribution is -0.117. The van der Waals surface area contributed by atoms with E-state index in [1.54, 1.807) is 12.1 Å². The lowest BCUT2D eigenvalue weighted by Crippen LogP contribution is -2.43. The highest BCUT2D eigenvalue weighted by Crippen LogP contribution is 2.25. The number of hydrogen-bond donors (Lipinski definition) is 2. The maximum Gasteiger partial charge on any atom is 0.238 e. The maximum atomic E-state index is 12.1. The predicted octanol–water partition coefficient (Wildman–Crippen LogP) is 2.74. The van der Waals surface area contributed by atoms with Gasteiger partial charge in [-0.25, -0.2) is 0 Å². The molecule has 1 unspecified atom stereocenters. The highest BCUT2D eigenvalue weighted by Gasteiger charge is 2.28. The monoisotopic (exact) mass is 321 g/mol. The molecule has 0 saturated carbocycles. The predicted molar refractivity (Wildman–Crippen MR) is 90.3 cm³/mol. The topological polar surface area (TPSA) is 44.4 Å². The molecule has 22 heavy (non-hydrogen) atoms. The van der Waals surface area contributed by atoms with Gasteiger partial charge in [0.1, 0.15) is 0 Å². The average Bonchev–Trinajstić information content (AvgIpc) is 3.02. The largest absolute Gasteiger partial charge is 0.325 e. The van der Waals surface area contributed by atoms with E-state index in [4.69, 9.17) is 11.6 Å². The van der Waals surface area contributed by atoms with Crippen molar-refractivity contribution in [2.24, 2.45) is 5.92 Å². The van der Waals surface area contributed by atoms with Gasteiger partial charge in [-0.1, -0.05) is 17.7 Å². The SMILES string of the molecule is O=C(CN1CCC(C2CCCN2)CC1)Nc1cccc(Cl)c1. The third-order valence-corrected chi connectivity index (χ3v) is 5.01. The van der Waals surface area contributed by atoms with Crippen LogP contribution in [0.5, 0.6) is 0 Å². The molecule has 0 radical (unpaired) electrons. The van der Waals surface area contributed by atoms with Gasteiger partial charge in [0.25, 0.3) is 0 Å². The number of piperidine rings is 1. The molecule has 4 nitrogen and oxygen atoms in total. The molecule has 120 valence electrons. The Morgan fingerprint density at radius 2 is 2.14 bits per heavy atom. The van der Waals surface area contributed by atoms with Crippen molar-refractivity contribution in [3.63, 3.8) is 0 Å². The van der Waals surface area contributed by atoms with Gasteiger partial charge in [0.15, 0.2) is 0 Å². The van der Waals surface area contributed by atoms with Gasteiger partial charge in [0.2, 0.25) is 5.91 Å². The summed E-state index contributed by atoms with van der Waals surface area (Å²) in [5.41, 5.74) is 0.766. The molecule has 2 heterocycles. The Labute approximate surface area is 137 Å². The van der Waals surface area contributed by atoms with Crippen molar-refractivity contribution < 1.29 is 4.79 Å². The first-order valence-electron chi connectivity index (χ1n) is 8.22. The Hall–Kier alpha value is -1.10. The summed E-state index contributed by atoms with van der Waals surface area (Å²) in [4.78, 5) is 14.4. The fourth-order valence-electron chi connectivity index (χ4n) is 3.60. The second kappa shape index (κ2) is 7.44. The van der Waals surface area contributed by atoms with E-state index < -0.39 is 0 Å². The van der Waals surface area contributed by atoms with Crippen LogP contribution in [0.1, 0.15) is 25.7 Å². The maximum absolute atomic E-state index is 12.1. The number of anilines is 1. The van der Waals surface area contributed by atoms with Gasteiger partial charge >= 0.3 is 0 Å². The molecule has 0 bridgehead atoms. The van der Waals surface area contributed by atoms with Gasteiger partial charge in [-0.05, 0) is 69.4 Å². The standard InChI is InChI=1S/C17H24ClN3O/c18-14-3-1-4-15(11-14)20-17(22)12-21-9-6-13(7-10-21)16-5-2-8-19-16/h1,3-4,11,13,16,19H,2,5-10,12H2,(H,20,22). The Morgan fingerprint density at radius 1 is 1.32 bits per heavy atom. The van der Waals surface area contributed by atoms with Gasteiger partial charge in [-0.15, -0.1) is 0 Å². The minimum atomic E-state index is 0.0414. The van der Waals surface area contributed by atoms with Crippen LogP contribution < -0.4 is 10.6 Å². The minimum absolute atomic E-state index is 0.0414. The lowest BCUT2D eigenvalue weighted by atomic mass is 9.88. The Bertz CT molecular complexity index is 508. The lowest BCUT2D eigenvalue weighted by Gasteiger charge is -2.34. The first-order chi connectivity index (χ1) is 10.7. The van der Waals surface area contributed by atoms with Gasteiger partial charge in [-0.2, -0.15) is 0 Å². The van der Waals surface area contributed by atoms with Crippen LogP contribution in [0.25, 0.3) is 0 Å². The number of likely N-dealkylation sites (tertiary alicyclic amines) is 1. The van der Waals surface area contributed by atoms with E-state index in [0.29, 0.717) is 17.6 Å². The van der Waals surface area contributed by atoms with E-state index in [9.17, 15) is 4.79 Å². The van der Waals surface area contributed by atoms with Crippen molar-refractivity contribution in [3.05, 3.63) is 29.3 Å². The van der Waals surface area contributed by atoms with Crippen molar-refractivity contribution in [1.29, 1.82) is 0 Å². The average molecular weight is 322 g/mol. The van der Waals surface area contributed by atoms with E-state index in [0.717, 1.165) is 24.7 Å². The van der Waals surface area contributed by atoms with Gasteiger partial charge < -0.3 is 10.6 Å². The summed E-state index contributed by atoms with van der Waals surface area (Å²) in [7, 11) is 0. The van der Waals surface area contributed by atoms with Crippen LogP contribution in [-0.4, -0.2) is 43.0 Å². The first-order valence-corrected chi connectivity index (χ1v) is 8.59. The first kappa shape index (κ1) is 15.8. The summed E-state index contributed by atoms with van der Waals surface area (Å²) in [5, 5.41) is 7.17. The van der Waals surface area contributed by atoms with Crippen LogP contribution in [0.3, 0.4) is 0 Å². The van der Waals surface area contributed by atoms with Crippen molar-refractivity contribution in [2.45, 2.75) is 31.7 Å². The van der Waals surface area contributed by atoms with Gasteiger partial charge in [0, 0.05) is 16.8 Å². The van der Waals surface area contributed by atoms with Crippen LogP contribution >= 0.6 is 11.6 Å². The van der Waals surface area contributed by atoms with Crippen LogP contribution in [0.15, 0.2) is 24.3 Å². The molecule has 0 aromatic heterocycles. The molecule has 1 aromatic rings. The minimum Gasteiger partial charge on any atom is -0.325 e. The molecule has 0 aliphatic carbocycles. The molecule has 2 N–H and O–H groups in total. The molecule has 1 amide bonds. The molecule has 2 aliphatic rings. The fraction of sp³-hybridized carbons (Fsp3) is 0.588. The van der Waals surface area contributed by atoms with E-state index in [-0.39, 0.29) is 5.91 Å². The van der Waals surface area contributed by atoms with Gasteiger partial charge in [-0.3, -0.25) is 9.69 Å². The zero-order chi connectivity index (χ0) is 15.4. The summed E-state index contributed by atoms with van der Waals surface area (Å²) in [6, 6.07) is 8.00. The van der Waals surface area contributed by atoms with E-state index in [1.165, 1.54) is 32.2 Å². The van der Waals surface area contributed by atoms with E-state index in [1.807, 2.05) is 12.1 Å². The molecule has 2 aliphatic heterocycles. The number of carbonyl (C=O) groups is 1. The smallest absolute Gasteiger partial charge is 0.238 e. The second-order valence-corrected chi connectivity index (χ2v) is 6.81. The summed E-state index contributed by atoms with van der Waals surface area (Å²) < 4.78 is 0. The zero-order valence-corrected chi connectivity index (χ0v) is 13.6. The third-order valence-electron chi connectivity index (χ3n) is 4.78. The molecular weight excluding hydrogens is 298 g/mol. The van der Waals surface area contributed by atoms with Crippen LogP contribution in [0.4, 0.5) is 5.69 Å². The molecule has 3 rings (SSSR count). The van der Waals surface area contributed by atoms with Crippen molar-refractivity contribution >= 4 is 23.2 Å². The Morgan fingerprint density at radius 3 is 2.82 bits per heavy atom. The van der Waals surface area contributed by atoms with E-state index in [2.05, 4.69) is 15.5 Å². The van der Waals surface area contributed by atoms with Crippen molar-refractivity contribution in [2.75, 3.05) is 31.5 Å². The Balaban J connectivity index is 1.43. The quantitative estimate of drug-likeness (QED) is 0.896. The number of hydrogen-bond acceptors (Lipinski definition) is 3. The molecule has 1 aromatic carbocycles. The number of halogens is 1. The Kier molecular flexibility index (Phi) is 5.34. The third kappa shape index (κ3) is 4.22. The number of rotatable bonds is 4. The molecule has 0 spiro atoms. The summed E-state index contributed by atoms with van der Waals surface area (Å²) in [5.74, 6) is 0.828. The number of carbonyl (C=O) groups excluding carboxylic acids is 1. The zero-order valence-electron chi connectivity index (χ0n) is 12.9. The highest BCUT2D eigenvalue weighted by molar-refractivity contribution is 6.30. The number of nitrogens with one attached hydrogen (secondary N) is 2. The summed E-state index contributed by atoms with van der Waals surface area (Å²) >= 11 is 5.93.